The minimum Gasteiger partial charge on any atom is -0.387 e. The fourth-order valence-electron chi connectivity index (χ4n) is 2.58. The van der Waals surface area contributed by atoms with E-state index in [1.54, 1.807) is 18.7 Å². The zero-order valence-corrected chi connectivity index (χ0v) is 14.3. The van der Waals surface area contributed by atoms with E-state index >= 15 is 0 Å². The zero-order valence-electron chi connectivity index (χ0n) is 13.5. The summed E-state index contributed by atoms with van der Waals surface area (Å²) < 4.78 is 39.1. The number of hydrogen-bond donors (Lipinski definition) is 2. The van der Waals surface area contributed by atoms with Gasteiger partial charge in [-0.15, -0.1) is 0 Å². The number of alkyl halides is 3. The van der Waals surface area contributed by atoms with Gasteiger partial charge in [0.25, 0.3) is 5.69 Å². The van der Waals surface area contributed by atoms with Crippen LogP contribution in [0.1, 0.15) is 31.9 Å². The van der Waals surface area contributed by atoms with Crippen molar-refractivity contribution in [3.8, 4) is 0 Å². The van der Waals surface area contributed by atoms with Crippen molar-refractivity contribution in [2.24, 2.45) is 0 Å². The predicted octanol–water partition coefficient (Wildman–Crippen LogP) is 3.84. The zero-order chi connectivity index (χ0) is 18.3. The van der Waals surface area contributed by atoms with Crippen LogP contribution in [-0.4, -0.2) is 32.7 Å². The van der Waals surface area contributed by atoms with Crippen LogP contribution in [0.2, 0.25) is 0 Å². The van der Waals surface area contributed by atoms with E-state index in [0.717, 1.165) is 12.1 Å². The molecule has 2 rings (SSSR count). The Morgan fingerprint density at radius 1 is 1.46 bits per heavy atom. The van der Waals surface area contributed by atoms with Crippen LogP contribution < -0.4 is 5.32 Å². The second kappa shape index (κ2) is 6.44. The molecule has 0 fully saturated rings. The van der Waals surface area contributed by atoms with Crippen molar-refractivity contribution in [1.29, 1.82) is 0 Å². The van der Waals surface area contributed by atoms with Crippen molar-refractivity contribution in [2.45, 2.75) is 50.3 Å². The van der Waals surface area contributed by atoms with Gasteiger partial charge in [-0.3, -0.25) is 10.1 Å². The van der Waals surface area contributed by atoms with Crippen LogP contribution >= 0.6 is 11.8 Å². The summed E-state index contributed by atoms with van der Waals surface area (Å²) in [4.78, 5) is 9.93. The molecule has 0 radical (unpaired) electrons. The Balaban J connectivity index is 2.31. The average molecular weight is 364 g/mol. The van der Waals surface area contributed by atoms with Gasteiger partial charge in [-0.1, -0.05) is 13.8 Å². The van der Waals surface area contributed by atoms with E-state index in [1.807, 2.05) is 13.8 Å². The Labute approximate surface area is 141 Å². The molecule has 2 atom stereocenters. The Morgan fingerprint density at radius 3 is 2.58 bits per heavy atom. The number of thioether (sulfide) groups is 1. The van der Waals surface area contributed by atoms with E-state index in [0.29, 0.717) is 16.6 Å². The average Bonchev–Trinajstić information content (AvgIpc) is 2.86. The van der Waals surface area contributed by atoms with Gasteiger partial charge >= 0.3 is 6.18 Å². The molecule has 1 aromatic carbocycles. The molecule has 0 saturated heterocycles. The van der Waals surface area contributed by atoms with Crippen molar-refractivity contribution in [3.63, 3.8) is 0 Å². The van der Waals surface area contributed by atoms with Gasteiger partial charge in [0.15, 0.2) is 0 Å². The number of nitro groups is 1. The van der Waals surface area contributed by atoms with Crippen LogP contribution in [0.5, 0.6) is 0 Å². The molecule has 1 aromatic rings. The molecule has 0 bridgehead atoms. The molecule has 2 unspecified atom stereocenters. The van der Waals surface area contributed by atoms with Crippen molar-refractivity contribution in [3.05, 3.63) is 33.4 Å². The highest BCUT2D eigenvalue weighted by molar-refractivity contribution is 7.99. The van der Waals surface area contributed by atoms with E-state index in [9.17, 15) is 28.4 Å². The van der Waals surface area contributed by atoms with Gasteiger partial charge in [0.1, 0.15) is 5.56 Å². The topological polar surface area (TPSA) is 75.4 Å². The molecule has 134 valence electrons. The lowest BCUT2D eigenvalue weighted by Gasteiger charge is -2.30. The maximum Gasteiger partial charge on any atom is 0.423 e. The fraction of sp³-hybridized carbons (Fsp3) is 0.600. The number of anilines is 1. The first-order valence-electron chi connectivity index (χ1n) is 7.41. The van der Waals surface area contributed by atoms with Crippen LogP contribution in [0.3, 0.4) is 0 Å². The molecule has 24 heavy (non-hydrogen) atoms. The molecule has 0 aliphatic carbocycles. The van der Waals surface area contributed by atoms with Crippen molar-refractivity contribution < 1.29 is 23.2 Å². The standard InChI is InChI=1S/C15H19F3N2O3S/c1-8(2)24-7-14(3,21)13-5-9-4-12(20(22)23)10(15(16,17)18)6-11(9)19-13/h4,6,8,13,19,21H,5,7H2,1-3H3. The highest BCUT2D eigenvalue weighted by Gasteiger charge is 2.42. The van der Waals surface area contributed by atoms with Crippen molar-refractivity contribution >= 4 is 23.1 Å². The van der Waals surface area contributed by atoms with Gasteiger partial charge in [-0.05, 0) is 30.2 Å². The molecular weight excluding hydrogens is 345 g/mol. The highest BCUT2D eigenvalue weighted by atomic mass is 32.2. The first kappa shape index (κ1) is 18.9. The second-order valence-corrected chi connectivity index (χ2v) is 7.96. The van der Waals surface area contributed by atoms with E-state index in [2.05, 4.69) is 5.32 Å². The van der Waals surface area contributed by atoms with Gasteiger partial charge in [0.2, 0.25) is 0 Å². The van der Waals surface area contributed by atoms with Crippen LogP contribution in [0, 0.1) is 10.1 Å². The molecule has 0 spiro atoms. The molecule has 0 aromatic heterocycles. The number of hydrogen-bond acceptors (Lipinski definition) is 5. The number of nitrogens with one attached hydrogen (secondary N) is 1. The third kappa shape index (κ3) is 3.94. The molecule has 1 heterocycles. The quantitative estimate of drug-likeness (QED) is 0.613. The lowest BCUT2D eigenvalue weighted by Crippen LogP contribution is -2.45. The molecular formula is C15H19F3N2O3S. The van der Waals surface area contributed by atoms with Crippen LogP contribution in [-0.2, 0) is 12.6 Å². The number of rotatable bonds is 5. The number of halogens is 3. The number of fused-ring (bicyclic) bond motifs is 1. The Kier molecular flexibility index (Phi) is 5.06. The van der Waals surface area contributed by atoms with E-state index in [1.165, 1.54) is 0 Å². The summed E-state index contributed by atoms with van der Waals surface area (Å²) in [6, 6.07) is 1.22. The SMILES string of the molecule is CC(C)SCC(C)(O)C1Cc2cc([N+](=O)[O-])c(C(F)(F)F)cc2N1. The normalized spacial score (nSPS) is 19.8. The third-order valence-electron chi connectivity index (χ3n) is 3.94. The predicted molar refractivity (Wildman–Crippen MR) is 87.4 cm³/mol. The Morgan fingerprint density at radius 2 is 2.08 bits per heavy atom. The maximum absolute atomic E-state index is 13.0. The summed E-state index contributed by atoms with van der Waals surface area (Å²) in [5.41, 5.74) is -2.79. The van der Waals surface area contributed by atoms with Crippen LogP contribution in [0.25, 0.3) is 0 Å². The highest BCUT2D eigenvalue weighted by Crippen LogP contribution is 2.42. The minimum absolute atomic E-state index is 0.188. The monoisotopic (exact) mass is 364 g/mol. The first-order valence-corrected chi connectivity index (χ1v) is 8.45. The fourth-order valence-corrected chi connectivity index (χ4v) is 3.45. The van der Waals surface area contributed by atoms with Crippen LogP contribution in [0.4, 0.5) is 24.5 Å². The molecule has 9 heteroatoms. The molecule has 0 saturated carbocycles. The summed E-state index contributed by atoms with van der Waals surface area (Å²) in [7, 11) is 0. The van der Waals surface area contributed by atoms with Crippen molar-refractivity contribution in [1.82, 2.24) is 0 Å². The summed E-state index contributed by atoms with van der Waals surface area (Å²) in [6.45, 7) is 5.58. The number of aliphatic hydroxyl groups is 1. The number of nitrogens with zero attached hydrogens (tertiary/aromatic N) is 1. The summed E-state index contributed by atoms with van der Waals surface area (Å²) in [5.74, 6) is 0.407. The molecule has 1 aliphatic heterocycles. The number of nitro benzene ring substituents is 1. The molecule has 1 aliphatic rings. The largest absolute Gasteiger partial charge is 0.423 e. The lowest BCUT2D eigenvalue weighted by atomic mass is 9.95. The Bertz CT molecular complexity index is 648. The Hall–Kier alpha value is -1.48. The number of benzene rings is 1. The summed E-state index contributed by atoms with van der Waals surface area (Å²) in [6.07, 6.45) is -4.58. The van der Waals surface area contributed by atoms with Crippen LogP contribution in [0.15, 0.2) is 12.1 Å². The van der Waals surface area contributed by atoms with Gasteiger partial charge < -0.3 is 10.4 Å². The summed E-state index contributed by atoms with van der Waals surface area (Å²) >= 11 is 1.54. The third-order valence-corrected chi connectivity index (χ3v) is 5.35. The van der Waals surface area contributed by atoms with Gasteiger partial charge in [-0.25, -0.2) is 0 Å². The van der Waals surface area contributed by atoms with E-state index in [4.69, 9.17) is 0 Å². The lowest BCUT2D eigenvalue weighted by molar-refractivity contribution is -0.388. The smallest absolute Gasteiger partial charge is 0.387 e. The van der Waals surface area contributed by atoms with E-state index in [-0.39, 0.29) is 12.1 Å². The van der Waals surface area contributed by atoms with Gasteiger partial charge in [0.05, 0.1) is 16.6 Å². The minimum atomic E-state index is -4.81. The van der Waals surface area contributed by atoms with Gasteiger partial charge in [-0.2, -0.15) is 24.9 Å². The van der Waals surface area contributed by atoms with E-state index < -0.39 is 34.0 Å². The molecule has 2 N–H and O–H groups in total. The van der Waals surface area contributed by atoms with Gasteiger partial charge in [0, 0.05) is 17.5 Å². The first-order chi connectivity index (χ1) is 10.9. The molecule has 5 nitrogen and oxygen atoms in total. The molecule has 0 amide bonds. The van der Waals surface area contributed by atoms with Crippen molar-refractivity contribution in [2.75, 3.05) is 11.1 Å². The second-order valence-electron chi connectivity index (χ2n) is 6.40. The summed E-state index contributed by atoms with van der Waals surface area (Å²) in [5, 5.41) is 24.8. The maximum atomic E-state index is 13.0.